The summed E-state index contributed by atoms with van der Waals surface area (Å²) in [6.07, 6.45) is 1.75. The van der Waals surface area contributed by atoms with Crippen LogP contribution in [0.15, 0.2) is 24.8 Å². The third-order valence-electron chi connectivity index (χ3n) is 4.40. The van der Waals surface area contributed by atoms with E-state index in [1.165, 1.54) is 0 Å². The molecule has 0 aliphatic carbocycles. The van der Waals surface area contributed by atoms with Crippen molar-refractivity contribution in [3.05, 3.63) is 36.0 Å². The van der Waals surface area contributed by atoms with Crippen molar-refractivity contribution in [3.63, 3.8) is 0 Å². The summed E-state index contributed by atoms with van der Waals surface area (Å²) in [5.41, 5.74) is 0.134. The van der Waals surface area contributed by atoms with Crippen molar-refractivity contribution in [1.29, 1.82) is 0 Å². The van der Waals surface area contributed by atoms with E-state index >= 15 is 0 Å². The molecule has 0 saturated carbocycles. The molecule has 0 N–H and O–H groups in total. The molecule has 3 heterocycles. The maximum absolute atomic E-state index is 12.8. The first kappa shape index (κ1) is 17.4. The number of halogens is 3. The molecule has 1 unspecified atom stereocenters. The van der Waals surface area contributed by atoms with Gasteiger partial charge in [-0.1, -0.05) is 6.92 Å². The lowest BCUT2D eigenvalue weighted by Gasteiger charge is -2.26. The fourth-order valence-corrected chi connectivity index (χ4v) is 2.82. The molecule has 1 atom stereocenters. The van der Waals surface area contributed by atoms with E-state index in [2.05, 4.69) is 19.9 Å². The lowest BCUT2D eigenvalue weighted by molar-refractivity contribution is -0.141. The summed E-state index contributed by atoms with van der Waals surface area (Å²) in [7, 11) is 1.75. The maximum atomic E-state index is 12.8. The van der Waals surface area contributed by atoms with E-state index < -0.39 is 11.9 Å². The fourth-order valence-electron chi connectivity index (χ4n) is 2.82. The zero-order valence-electron chi connectivity index (χ0n) is 14.0. The van der Waals surface area contributed by atoms with Crippen LogP contribution < -0.4 is 9.80 Å². The van der Waals surface area contributed by atoms with Gasteiger partial charge in [0.1, 0.15) is 17.8 Å². The number of likely N-dealkylation sites (N-methyl/N-ethyl adjacent to an activating group) is 1. The Balaban J connectivity index is 1.71. The summed E-state index contributed by atoms with van der Waals surface area (Å²) >= 11 is 0. The minimum atomic E-state index is -4.48. The lowest BCUT2D eigenvalue weighted by atomic mass is 10.2. The molecule has 0 radical (unpaired) electrons. The average Bonchev–Trinajstić information content (AvgIpc) is 3.10. The smallest absolute Gasteiger partial charge is 0.355 e. The van der Waals surface area contributed by atoms with Gasteiger partial charge < -0.3 is 9.80 Å². The van der Waals surface area contributed by atoms with Gasteiger partial charge in [-0.3, -0.25) is 0 Å². The molecule has 0 amide bonds. The minimum absolute atomic E-state index is 0.0328. The van der Waals surface area contributed by atoms with Crippen molar-refractivity contribution in [2.24, 2.45) is 0 Å². The second-order valence-corrected chi connectivity index (χ2v) is 6.00. The number of aromatic nitrogens is 4. The van der Waals surface area contributed by atoms with E-state index in [4.69, 9.17) is 0 Å². The van der Waals surface area contributed by atoms with Crippen molar-refractivity contribution in [2.45, 2.75) is 32.0 Å². The summed E-state index contributed by atoms with van der Waals surface area (Å²) in [5, 5.41) is 0. The summed E-state index contributed by atoms with van der Waals surface area (Å²) in [4.78, 5) is 19.8. The van der Waals surface area contributed by atoms with Gasteiger partial charge in [0.25, 0.3) is 0 Å². The van der Waals surface area contributed by atoms with Crippen molar-refractivity contribution >= 4 is 11.8 Å². The highest BCUT2D eigenvalue weighted by Crippen LogP contribution is 2.30. The van der Waals surface area contributed by atoms with Crippen molar-refractivity contribution in [1.82, 2.24) is 19.9 Å². The van der Waals surface area contributed by atoms with Crippen LogP contribution in [0.4, 0.5) is 24.9 Å². The van der Waals surface area contributed by atoms with Crippen LogP contribution in [0.2, 0.25) is 0 Å². The van der Waals surface area contributed by atoms with Crippen LogP contribution in [0.3, 0.4) is 0 Å². The molecule has 25 heavy (non-hydrogen) atoms. The third kappa shape index (κ3) is 3.80. The van der Waals surface area contributed by atoms with Crippen LogP contribution in [0.1, 0.15) is 24.6 Å². The zero-order valence-corrected chi connectivity index (χ0v) is 14.0. The highest BCUT2D eigenvalue weighted by Gasteiger charge is 2.34. The number of alkyl halides is 3. The van der Waals surface area contributed by atoms with Crippen molar-refractivity contribution in [2.75, 3.05) is 29.9 Å². The van der Waals surface area contributed by atoms with Crippen LogP contribution >= 0.6 is 0 Å². The summed E-state index contributed by atoms with van der Waals surface area (Å²) in [6.45, 7) is 3.42. The van der Waals surface area contributed by atoms with Crippen LogP contribution in [-0.4, -0.2) is 46.1 Å². The Morgan fingerprint density at radius 3 is 2.56 bits per heavy atom. The predicted molar refractivity (Wildman–Crippen MR) is 87.5 cm³/mol. The standard InChI is InChI=1S/C16H19F3N6/c1-3-11-7-20-15(21-8-11)25-5-4-12(9-25)24(2)14-6-13(16(17,18)19)22-10-23-14/h6-8,10,12H,3-5,9H2,1-2H3. The normalized spacial score (nSPS) is 17.8. The number of hydrogen-bond acceptors (Lipinski definition) is 6. The van der Waals surface area contributed by atoms with Crippen LogP contribution in [-0.2, 0) is 12.6 Å². The Morgan fingerprint density at radius 1 is 1.20 bits per heavy atom. The minimum Gasteiger partial charge on any atom is -0.355 e. The fraction of sp³-hybridized carbons (Fsp3) is 0.500. The molecule has 1 saturated heterocycles. The Bertz CT molecular complexity index is 719. The molecule has 0 spiro atoms. The van der Waals surface area contributed by atoms with Gasteiger partial charge in [-0.2, -0.15) is 13.2 Å². The average molecular weight is 352 g/mol. The van der Waals surface area contributed by atoms with Crippen molar-refractivity contribution < 1.29 is 13.2 Å². The van der Waals surface area contributed by atoms with Crippen LogP contribution in [0.5, 0.6) is 0 Å². The molecule has 9 heteroatoms. The summed E-state index contributed by atoms with van der Waals surface area (Å²) in [6, 6.07) is 1.01. The van der Waals surface area contributed by atoms with Gasteiger partial charge >= 0.3 is 6.18 Å². The molecule has 6 nitrogen and oxygen atoms in total. The molecule has 0 bridgehead atoms. The van der Waals surface area contributed by atoms with Crippen LogP contribution in [0.25, 0.3) is 0 Å². The predicted octanol–water partition coefficient (Wildman–Crippen LogP) is 2.56. The van der Waals surface area contributed by atoms with E-state index in [9.17, 15) is 13.2 Å². The van der Waals surface area contributed by atoms with E-state index in [-0.39, 0.29) is 11.9 Å². The van der Waals surface area contributed by atoms with Gasteiger partial charge in [-0.15, -0.1) is 0 Å². The van der Waals surface area contributed by atoms with Crippen LogP contribution in [0, 0.1) is 0 Å². The monoisotopic (exact) mass is 352 g/mol. The van der Waals surface area contributed by atoms with Gasteiger partial charge in [0.2, 0.25) is 5.95 Å². The van der Waals surface area contributed by atoms with E-state index in [1.54, 1.807) is 24.3 Å². The molecule has 1 aliphatic heterocycles. The largest absolute Gasteiger partial charge is 0.433 e. The topological polar surface area (TPSA) is 58.0 Å². The van der Waals surface area contributed by atoms with E-state index in [1.807, 2.05) is 11.8 Å². The van der Waals surface area contributed by atoms with E-state index in [0.717, 1.165) is 37.3 Å². The zero-order chi connectivity index (χ0) is 18.0. The molecule has 3 rings (SSSR count). The summed E-state index contributed by atoms with van der Waals surface area (Å²) < 4.78 is 38.5. The molecule has 134 valence electrons. The molecule has 1 aliphatic rings. The highest BCUT2D eigenvalue weighted by molar-refractivity contribution is 5.43. The number of hydrogen-bond donors (Lipinski definition) is 0. The van der Waals surface area contributed by atoms with Gasteiger partial charge in [-0.25, -0.2) is 19.9 Å². The molecular weight excluding hydrogens is 333 g/mol. The quantitative estimate of drug-likeness (QED) is 0.843. The number of anilines is 2. The Labute approximate surface area is 143 Å². The Hall–Kier alpha value is -2.45. The number of aryl methyl sites for hydroxylation is 1. The number of rotatable bonds is 4. The van der Waals surface area contributed by atoms with Gasteiger partial charge in [0.15, 0.2) is 0 Å². The van der Waals surface area contributed by atoms with Gasteiger partial charge in [0, 0.05) is 44.6 Å². The highest BCUT2D eigenvalue weighted by atomic mass is 19.4. The van der Waals surface area contributed by atoms with Gasteiger partial charge in [0.05, 0.1) is 0 Å². The Morgan fingerprint density at radius 2 is 1.92 bits per heavy atom. The first-order valence-corrected chi connectivity index (χ1v) is 8.06. The summed E-state index contributed by atoms with van der Waals surface area (Å²) in [5.74, 6) is 0.906. The second kappa shape index (κ2) is 6.81. The lowest BCUT2D eigenvalue weighted by Crippen LogP contribution is -2.35. The maximum Gasteiger partial charge on any atom is 0.433 e. The van der Waals surface area contributed by atoms with E-state index in [0.29, 0.717) is 12.5 Å². The second-order valence-electron chi connectivity index (χ2n) is 6.00. The Kier molecular flexibility index (Phi) is 4.73. The molecule has 2 aromatic rings. The molecule has 0 aromatic carbocycles. The first-order valence-electron chi connectivity index (χ1n) is 8.06. The number of nitrogens with zero attached hydrogens (tertiary/aromatic N) is 6. The van der Waals surface area contributed by atoms with Gasteiger partial charge in [-0.05, 0) is 18.4 Å². The first-order chi connectivity index (χ1) is 11.9. The molecular formula is C16H19F3N6. The molecule has 1 fully saturated rings. The van der Waals surface area contributed by atoms with Crippen molar-refractivity contribution in [3.8, 4) is 0 Å². The SMILES string of the molecule is CCc1cnc(N2CCC(N(C)c3cc(C(F)(F)F)ncn3)C2)nc1. The molecule has 2 aromatic heterocycles. The third-order valence-corrected chi connectivity index (χ3v) is 4.40.